The van der Waals surface area contributed by atoms with Crippen molar-refractivity contribution in [2.45, 2.75) is 37.3 Å². The topological polar surface area (TPSA) is 66.4 Å². The van der Waals surface area contributed by atoms with Crippen LogP contribution in [0.3, 0.4) is 0 Å². The Balaban J connectivity index is 2.03. The predicted octanol–water partition coefficient (Wildman–Crippen LogP) is 0.965. The monoisotopic (exact) mass is 312 g/mol. The molecule has 1 saturated heterocycles. The summed E-state index contributed by atoms with van der Waals surface area (Å²) in [4.78, 5) is 0. The Morgan fingerprint density at radius 1 is 1.05 bits per heavy atom. The molecule has 0 amide bonds. The second-order valence-electron chi connectivity index (χ2n) is 5.19. The van der Waals surface area contributed by atoms with Crippen molar-refractivity contribution < 1.29 is 28.8 Å². The Kier molecular flexibility index (Phi) is 6.75. The van der Waals surface area contributed by atoms with Crippen LogP contribution >= 0.6 is 0 Å². The highest BCUT2D eigenvalue weighted by molar-refractivity contribution is 5.13. The molecule has 1 aliphatic rings. The van der Waals surface area contributed by atoms with Gasteiger partial charge in [-0.15, -0.1) is 0 Å². The zero-order valence-electron chi connectivity index (χ0n) is 13.2. The summed E-state index contributed by atoms with van der Waals surface area (Å²) in [5.74, 6) is 0. The van der Waals surface area contributed by atoms with Crippen LogP contribution in [0, 0.1) is 0 Å². The van der Waals surface area contributed by atoms with Crippen LogP contribution in [-0.4, -0.2) is 63.7 Å². The minimum atomic E-state index is -0.938. The molecule has 0 aliphatic carbocycles. The van der Waals surface area contributed by atoms with E-state index in [-0.39, 0.29) is 6.10 Å². The molecule has 22 heavy (non-hydrogen) atoms. The summed E-state index contributed by atoms with van der Waals surface area (Å²) in [7, 11) is 4.67. The highest BCUT2D eigenvalue weighted by Gasteiger charge is 2.46. The van der Waals surface area contributed by atoms with Crippen molar-refractivity contribution in [3.8, 4) is 0 Å². The summed E-state index contributed by atoms with van der Waals surface area (Å²) in [5.41, 5.74) is 1.00. The van der Waals surface area contributed by atoms with Gasteiger partial charge in [0.1, 0.15) is 24.4 Å². The van der Waals surface area contributed by atoms with Crippen LogP contribution < -0.4 is 0 Å². The summed E-state index contributed by atoms with van der Waals surface area (Å²) in [6.07, 6.45) is -3.07. The molecule has 1 aliphatic heterocycles. The molecule has 2 rings (SSSR count). The van der Waals surface area contributed by atoms with Gasteiger partial charge in [0.2, 0.25) is 0 Å². The number of methoxy groups -OCH3 is 3. The molecule has 124 valence electrons. The maximum absolute atomic E-state index is 10.4. The zero-order valence-corrected chi connectivity index (χ0v) is 13.2. The molecule has 1 heterocycles. The summed E-state index contributed by atoms with van der Waals surface area (Å²) < 4.78 is 27.4. The van der Waals surface area contributed by atoms with Crippen LogP contribution in [0.1, 0.15) is 5.56 Å². The van der Waals surface area contributed by atoms with Gasteiger partial charge in [-0.1, -0.05) is 30.3 Å². The largest absolute Gasteiger partial charge is 0.385 e. The van der Waals surface area contributed by atoms with E-state index in [9.17, 15) is 5.11 Å². The van der Waals surface area contributed by atoms with Crippen molar-refractivity contribution in [1.82, 2.24) is 0 Å². The Morgan fingerprint density at radius 2 is 1.73 bits per heavy atom. The minimum Gasteiger partial charge on any atom is -0.385 e. The average molecular weight is 312 g/mol. The maximum Gasteiger partial charge on any atom is 0.187 e. The van der Waals surface area contributed by atoms with Crippen molar-refractivity contribution >= 4 is 0 Å². The second kappa shape index (κ2) is 8.57. The van der Waals surface area contributed by atoms with E-state index in [2.05, 4.69) is 0 Å². The summed E-state index contributed by atoms with van der Waals surface area (Å²) >= 11 is 0. The van der Waals surface area contributed by atoms with E-state index in [1.54, 1.807) is 14.2 Å². The van der Waals surface area contributed by atoms with Gasteiger partial charge in [-0.3, -0.25) is 0 Å². The lowest BCUT2D eigenvalue weighted by Gasteiger charge is -2.43. The third-order valence-electron chi connectivity index (χ3n) is 3.75. The summed E-state index contributed by atoms with van der Waals surface area (Å²) in [6.45, 7) is 0.673. The van der Waals surface area contributed by atoms with Gasteiger partial charge in [-0.2, -0.15) is 0 Å². The molecule has 0 aromatic heterocycles. The van der Waals surface area contributed by atoms with Crippen LogP contribution in [0.5, 0.6) is 0 Å². The third kappa shape index (κ3) is 4.04. The quantitative estimate of drug-likeness (QED) is 0.809. The first-order valence-corrected chi connectivity index (χ1v) is 7.24. The molecule has 1 fully saturated rings. The summed E-state index contributed by atoms with van der Waals surface area (Å²) in [6, 6.07) is 9.71. The van der Waals surface area contributed by atoms with Crippen molar-refractivity contribution in [2.24, 2.45) is 0 Å². The van der Waals surface area contributed by atoms with E-state index in [0.717, 1.165) is 5.56 Å². The van der Waals surface area contributed by atoms with Gasteiger partial charge in [-0.05, 0) is 5.56 Å². The van der Waals surface area contributed by atoms with E-state index < -0.39 is 24.6 Å². The lowest BCUT2D eigenvalue weighted by Crippen LogP contribution is -2.60. The molecule has 0 saturated carbocycles. The Morgan fingerprint density at radius 3 is 2.32 bits per heavy atom. The van der Waals surface area contributed by atoms with Crippen LogP contribution in [0.25, 0.3) is 0 Å². The number of ether oxygens (including phenoxy) is 5. The third-order valence-corrected chi connectivity index (χ3v) is 3.75. The van der Waals surface area contributed by atoms with Crippen LogP contribution in [0.4, 0.5) is 0 Å². The van der Waals surface area contributed by atoms with Gasteiger partial charge in [0.25, 0.3) is 0 Å². The van der Waals surface area contributed by atoms with Crippen LogP contribution in [0.15, 0.2) is 30.3 Å². The number of hydrogen-bond acceptors (Lipinski definition) is 6. The van der Waals surface area contributed by atoms with Gasteiger partial charge in [0.05, 0.1) is 13.2 Å². The molecule has 1 N–H and O–H groups in total. The highest BCUT2D eigenvalue weighted by atomic mass is 16.7. The maximum atomic E-state index is 10.4. The molecular formula is C16H24O6. The van der Waals surface area contributed by atoms with Crippen molar-refractivity contribution in [3.05, 3.63) is 35.9 Å². The Bertz CT molecular complexity index is 426. The number of rotatable bonds is 7. The number of benzene rings is 1. The van der Waals surface area contributed by atoms with E-state index in [4.69, 9.17) is 23.7 Å². The first kappa shape index (κ1) is 17.3. The fourth-order valence-corrected chi connectivity index (χ4v) is 2.64. The highest BCUT2D eigenvalue weighted by Crippen LogP contribution is 2.26. The standard InChI is InChI=1S/C16H24O6/c1-18-10-12-14(19-2)15(20-3)13(17)16(22-12)21-9-11-7-5-4-6-8-11/h4-8,12-17H,9-10H2,1-3H3/t12-,13-,14-,15-,16-/m1/s1. The molecule has 1 aromatic rings. The lowest BCUT2D eigenvalue weighted by molar-refractivity contribution is -0.311. The number of aliphatic hydroxyl groups excluding tert-OH is 1. The lowest BCUT2D eigenvalue weighted by atomic mass is 9.98. The molecule has 0 radical (unpaired) electrons. The molecular weight excluding hydrogens is 288 g/mol. The number of aliphatic hydroxyl groups is 1. The van der Waals surface area contributed by atoms with Gasteiger partial charge < -0.3 is 28.8 Å². The molecule has 0 spiro atoms. The summed E-state index contributed by atoms with van der Waals surface area (Å²) in [5, 5.41) is 10.4. The van der Waals surface area contributed by atoms with E-state index in [1.165, 1.54) is 7.11 Å². The van der Waals surface area contributed by atoms with Gasteiger partial charge in [-0.25, -0.2) is 0 Å². The molecule has 1 aromatic carbocycles. The zero-order chi connectivity index (χ0) is 15.9. The van der Waals surface area contributed by atoms with Gasteiger partial charge >= 0.3 is 0 Å². The predicted molar refractivity (Wildman–Crippen MR) is 79.4 cm³/mol. The fraction of sp³-hybridized carbons (Fsp3) is 0.625. The molecule has 0 bridgehead atoms. The van der Waals surface area contributed by atoms with Gasteiger partial charge in [0, 0.05) is 21.3 Å². The normalized spacial score (nSPS) is 32.1. The van der Waals surface area contributed by atoms with Gasteiger partial charge in [0.15, 0.2) is 6.29 Å². The second-order valence-corrected chi connectivity index (χ2v) is 5.19. The molecule has 0 unspecified atom stereocenters. The van der Waals surface area contributed by atoms with E-state index in [0.29, 0.717) is 13.2 Å². The smallest absolute Gasteiger partial charge is 0.187 e. The minimum absolute atomic E-state index is 0.330. The fourth-order valence-electron chi connectivity index (χ4n) is 2.64. The first-order valence-electron chi connectivity index (χ1n) is 7.24. The number of hydrogen-bond donors (Lipinski definition) is 1. The molecule has 6 nitrogen and oxygen atoms in total. The molecule has 6 heteroatoms. The van der Waals surface area contributed by atoms with Crippen LogP contribution in [0.2, 0.25) is 0 Å². The van der Waals surface area contributed by atoms with Crippen molar-refractivity contribution in [1.29, 1.82) is 0 Å². The first-order chi connectivity index (χ1) is 10.7. The van der Waals surface area contributed by atoms with E-state index >= 15 is 0 Å². The average Bonchev–Trinajstić information content (AvgIpc) is 2.55. The molecule has 5 atom stereocenters. The van der Waals surface area contributed by atoms with E-state index in [1.807, 2.05) is 30.3 Å². The Hall–Kier alpha value is -1.02. The van der Waals surface area contributed by atoms with Crippen LogP contribution in [-0.2, 0) is 30.3 Å². The Labute approximate surface area is 130 Å². The van der Waals surface area contributed by atoms with Crippen molar-refractivity contribution in [3.63, 3.8) is 0 Å². The SMILES string of the molecule is COC[C@H]1O[C@@H](OCc2ccccc2)[C@H](O)[C@@H](OC)[C@@H]1OC. The van der Waals surface area contributed by atoms with Crippen molar-refractivity contribution in [2.75, 3.05) is 27.9 Å².